The second-order valence-corrected chi connectivity index (χ2v) is 9.07. The molecule has 0 aliphatic carbocycles. The molecule has 7 heteroatoms. The zero-order valence-electron chi connectivity index (χ0n) is 19.5. The summed E-state index contributed by atoms with van der Waals surface area (Å²) in [5.74, 6) is -1.12. The highest BCUT2D eigenvalue weighted by Crippen LogP contribution is 2.26. The van der Waals surface area contributed by atoms with Crippen LogP contribution in [0.5, 0.6) is 0 Å². The molecule has 1 aliphatic heterocycles. The number of carbonyl (C=O) groups excluding carboxylic acids is 1. The van der Waals surface area contributed by atoms with Crippen LogP contribution in [-0.4, -0.2) is 57.6 Å². The fraction of sp³-hybridized carbons (Fsp3) is 0.296. The molecule has 3 aromatic carbocycles. The smallest absolute Gasteiger partial charge is 0.255 e. The summed E-state index contributed by atoms with van der Waals surface area (Å²) < 4.78 is 14.3. The summed E-state index contributed by atoms with van der Waals surface area (Å²) >= 11 is 6.11. The zero-order valence-corrected chi connectivity index (χ0v) is 20.3. The Bertz CT molecular complexity index is 1080. The van der Waals surface area contributed by atoms with Crippen molar-refractivity contribution in [2.24, 2.45) is 0 Å². The monoisotopic (exact) mass is 480 g/mol. The third kappa shape index (κ3) is 5.51. The molecule has 0 spiro atoms. The van der Waals surface area contributed by atoms with Crippen molar-refractivity contribution in [2.75, 3.05) is 56.6 Å². The highest BCUT2D eigenvalue weighted by atomic mass is 35.5. The summed E-state index contributed by atoms with van der Waals surface area (Å²) in [6.07, 6.45) is 0. The van der Waals surface area contributed by atoms with Gasteiger partial charge in [0, 0.05) is 58.2 Å². The SMILES string of the molecule is CN(C)c1ccc([C@@H](CNC(=O)c2c(F)cccc2Cl)N2CCN(c3ccccc3)CC2)cc1. The molecular formula is C27H30ClFN4O. The molecule has 5 nitrogen and oxygen atoms in total. The number of benzene rings is 3. The average Bonchev–Trinajstić information content (AvgIpc) is 2.85. The molecule has 1 aliphatic rings. The fourth-order valence-corrected chi connectivity index (χ4v) is 4.62. The first-order valence-corrected chi connectivity index (χ1v) is 11.9. The Kier molecular flexibility index (Phi) is 7.70. The summed E-state index contributed by atoms with van der Waals surface area (Å²) in [4.78, 5) is 19.6. The summed E-state index contributed by atoms with van der Waals surface area (Å²) in [5, 5.41) is 3.04. The fourth-order valence-electron chi connectivity index (χ4n) is 4.38. The van der Waals surface area contributed by atoms with E-state index in [0.29, 0.717) is 6.54 Å². The van der Waals surface area contributed by atoms with E-state index in [1.807, 2.05) is 20.2 Å². The molecule has 3 aromatic rings. The van der Waals surface area contributed by atoms with Crippen molar-refractivity contribution in [3.8, 4) is 0 Å². The summed E-state index contributed by atoms with van der Waals surface area (Å²) in [6, 6.07) is 23.0. The van der Waals surface area contributed by atoms with Gasteiger partial charge in [-0.1, -0.05) is 48.0 Å². The van der Waals surface area contributed by atoms with Gasteiger partial charge in [0.25, 0.3) is 5.91 Å². The normalized spacial score (nSPS) is 15.1. The Balaban J connectivity index is 1.51. The molecule has 34 heavy (non-hydrogen) atoms. The molecule has 4 rings (SSSR count). The van der Waals surface area contributed by atoms with Gasteiger partial charge in [-0.15, -0.1) is 0 Å². The van der Waals surface area contributed by atoms with E-state index in [9.17, 15) is 9.18 Å². The van der Waals surface area contributed by atoms with Gasteiger partial charge in [0.15, 0.2) is 0 Å². The van der Waals surface area contributed by atoms with Crippen LogP contribution in [-0.2, 0) is 0 Å². The first kappa shape index (κ1) is 24.0. The molecule has 0 unspecified atom stereocenters. The van der Waals surface area contributed by atoms with Crippen LogP contribution in [0.3, 0.4) is 0 Å². The van der Waals surface area contributed by atoms with Gasteiger partial charge in [-0.2, -0.15) is 0 Å². The van der Waals surface area contributed by atoms with Gasteiger partial charge >= 0.3 is 0 Å². The Morgan fingerprint density at radius 2 is 1.65 bits per heavy atom. The van der Waals surface area contributed by atoms with Crippen molar-refractivity contribution < 1.29 is 9.18 Å². The number of amides is 1. The average molecular weight is 481 g/mol. The Morgan fingerprint density at radius 1 is 0.971 bits per heavy atom. The number of para-hydroxylation sites is 1. The largest absolute Gasteiger partial charge is 0.378 e. The second-order valence-electron chi connectivity index (χ2n) is 8.67. The van der Waals surface area contributed by atoms with E-state index in [-0.39, 0.29) is 16.6 Å². The third-order valence-electron chi connectivity index (χ3n) is 6.32. The first-order chi connectivity index (χ1) is 16.4. The van der Waals surface area contributed by atoms with E-state index in [4.69, 9.17) is 11.6 Å². The molecule has 1 saturated heterocycles. The lowest BCUT2D eigenvalue weighted by atomic mass is 10.0. The quantitative estimate of drug-likeness (QED) is 0.525. The van der Waals surface area contributed by atoms with Gasteiger partial charge in [0.05, 0.1) is 16.6 Å². The third-order valence-corrected chi connectivity index (χ3v) is 6.63. The topological polar surface area (TPSA) is 38.8 Å². The minimum Gasteiger partial charge on any atom is -0.378 e. The van der Waals surface area contributed by atoms with Crippen LogP contribution in [0.15, 0.2) is 72.8 Å². The van der Waals surface area contributed by atoms with Gasteiger partial charge in [0.2, 0.25) is 0 Å². The summed E-state index contributed by atoms with van der Waals surface area (Å²) in [5.41, 5.74) is 3.33. The first-order valence-electron chi connectivity index (χ1n) is 11.5. The van der Waals surface area contributed by atoms with Crippen molar-refractivity contribution in [3.05, 3.63) is 94.8 Å². The van der Waals surface area contributed by atoms with Crippen LogP contribution < -0.4 is 15.1 Å². The van der Waals surface area contributed by atoms with E-state index in [0.717, 1.165) is 37.4 Å². The second kappa shape index (κ2) is 10.9. The summed E-state index contributed by atoms with van der Waals surface area (Å²) in [6.45, 7) is 3.85. The molecule has 1 N–H and O–H groups in total. The molecule has 1 heterocycles. The van der Waals surface area contributed by atoms with Crippen LogP contribution in [0.4, 0.5) is 15.8 Å². The number of hydrogen-bond donors (Lipinski definition) is 1. The Morgan fingerprint density at radius 3 is 2.26 bits per heavy atom. The minimum absolute atomic E-state index is 0.0383. The van der Waals surface area contributed by atoms with E-state index in [1.54, 1.807) is 0 Å². The van der Waals surface area contributed by atoms with Crippen molar-refractivity contribution in [2.45, 2.75) is 6.04 Å². The van der Waals surface area contributed by atoms with Gasteiger partial charge in [-0.25, -0.2) is 4.39 Å². The van der Waals surface area contributed by atoms with Crippen LogP contribution in [0.1, 0.15) is 22.0 Å². The molecule has 1 atom stereocenters. The van der Waals surface area contributed by atoms with Crippen LogP contribution in [0, 0.1) is 5.82 Å². The van der Waals surface area contributed by atoms with Crippen molar-refractivity contribution in [3.63, 3.8) is 0 Å². The predicted molar refractivity (Wildman–Crippen MR) is 137 cm³/mol. The lowest BCUT2D eigenvalue weighted by Gasteiger charge is -2.40. The van der Waals surface area contributed by atoms with Crippen LogP contribution >= 0.6 is 11.6 Å². The molecule has 0 saturated carbocycles. The van der Waals surface area contributed by atoms with Gasteiger partial charge in [0.1, 0.15) is 5.82 Å². The molecule has 178 valence electrons. The van der Waals surface area contributed by atoms with Crippen LogP contribution in [0.2, 0.25) is 5.02 Å². The maximum Gasteiger partial charge on any atom is 0.255 e. The number of rotatable bonds is 7. The van der Waals surface area contributed by atoms with E-state index in [1.165, 1.54) is 23.9 Å². The van der Waals surface area contributed by atoms with E-state index >= 15 is 0 Å². The highest BCUT2D eigenvalue weighted by Gasteiger charge is 2.26. The maximum atomic E-state index is 14.3. The van der Waals surface area contributed by atoms with Crippen LogP contribution in [0.25, 0.3) is 0 Å². The number of halogens is 2. The number of piperazine rings is 1. The van der Waals surface area contributed by atoms with Crippen molar-refractivity contribution >= 4 is 28.9 Å². The lowest BCUT2D eigenvalue weighted by molar-refractivity contribution is 0.0926. The molecular weight excluding hydrogens is 451 g/mol. The Labute approximate surface area is 205 Å². The predicted octanol–water partition coefficient (Wildman–Crippen LogP) is 4.84. The number of nitrogens with zero attached hydrogens (tertiary/aromatic N) is 3. The number of carbonyl (C=O) groups is 1. The summed E-state index contributed by atoms with van der Waals surface area (Å²) in [7, 11) is 4.02. The van der Waals surface area contributed by atoms with Crippen molar-refractivity contribution in [1.29, 1.82) is 0 Å². The standard InChI is InChI=1S/C27H30ClFN4O/c1-31(2)21-13-11-20(12-14-21)25(19-30-27(34)26-23(28)9-6-10-24(26)29)33-17-15-32(16-18-33)22-7-4-3-5-8-22/h3-14,25H,15-19H2,1-2H3,(H,30,34)/t25-/m1/s1. The molecule has 1 amide bonds. The van der Waals surface area contributed by atoms with E-state index < -0.39 is 11.7 Å². The maximum absolute atomic E-state index is 14.3. The Hall–Kier alpha value is -3.09. The minimum atomic E-state index is -0.617. The van der Waals surface area contributed by atoms with Gasteiger partial charge in [-0.05, 0) is 42.0 Å². The number of hydrogen-bond acceptors (Lipinski definition) is 4. The molecule has 0 bridgehead atoms. The van der Waals surface area contributed by atoms with E-state index in [2.05, 4.69) is 68.5 Å². The highest BCUT2D eigenvalue weighted by molar-refractivity contribution is 6.33. The lowest BCUT2D eigenvalue weighted by Crippen LogP contribution is -2.50. The molecule has 0 aromatic heterocycles. The van der Waals surface area contributed by atoms with Gasteiger partial charge < -0.3 is 15.1 Å². The molecule has 0 radical (unpaired) electrons. The zero-order chi connectivity index (χ0) is 24.1. The number of nitrogens with one attached hydrogen (secondary N) is 1. The van der Waals surface area contributed by atoms with Crippen molar-refractivity contribution in [1.82, 2.24) is 10.2 Å². The molecule has 1 fully saturated rings. The van der Waals surface area contributed by atoms with Gasteiger partial charge in [-0.3, -0.25) is 9.69 Å². The number of anilines is 2.